The van der Waals surface area contributed by atoms with E-state index in [1.54, 1.807) is 0 Å². The van der Waals surface area contributed by atoms with E-state index in [1.165, 1.54) is 10.6 Å². The number of hydrogen-bond acceptors (Lipinski definition) is 6. The lowest BCUT2D eigenvalue weighted by Gasteiger charge is -2.20. The van der Waals surface area contributed by atoms with Crippen LogP contribution in [-0.4, -0.2) is 44.6 Å². The third-order valence-electron chi connectivity index (χ3n) is 4.37. The van der Waals surface area contributed by atoms with Crippen LogP contribution >= 0.6 is 0 Å². The fourth-order valence-electron chi connectivity index (χ4n) is 3.13. The Hall–Kier alpha value is -2.72. The third-order valence-corrected chi connectivity index (χ3v) is 4.96. The Balaban J connectivity index is 2.02. The number of nitrogens with one attached hydrogen (secondary N) is 3. The van der Waals surface area contributed by atoms with Crippen LogP contribution in [0.2, 0.25) is 0 Å². The quantitative estimate of drug-likeness (QED) is 0.440. The maximum Gasteiger partial charge on any atom is 0.322 e. The highest BCUT2D eigenvalue weighted by atomic mass is 32.2. The largest absolute Gasteiger partial charge is 0.388 e. The van der Waals surface area contributed by atoms with Gasteiger partial charge >= 0.3 is 5.82 Å². The van der Waals surface area contributed by atoms with Crippen molar-refractivity contribution in [3.63, 3.8) is 0 Å². The summed E-state index contributed by atoms with van der Waals surface area (Å²) < 4.78 is 27.7. The smallest absolute Gasteiger partial charge is 0.322 e. The van der Waals surface area contributed by atoms with Gasteiger partial charge in [-0.25, -0.2) is 13.5 Å². The molecule has 2 aromatic rings. The molecule has 10 heteroatoms. The molecule has 0 aliphatic carbocycles. The number of nitrogen functional groups attached to an aromatic ring is 1. The zero-order chi connectivity index (χ0) is 19.6. The molecular weight excluding hydrogens is 368 g/mol. The normalized spacial score (nSPS) is 15.3. The van der Waals surface area contributed by atoms with Crippen molar-refractivity contribution in [2.24, 2.45) is 0 Å². The molecule has 1 aromatic heterocycles. The molecule has 9 nitrogen and oxygen atoms in total. The Kier molecular flexibility index (Phi) is 5.29. The number of aliphatic hydroxyl groups excluding tert-OH is 1. The lowest BCUT2D eigenvalue weighted by molar-refractivity contribution is -0.561. The number of anilines is 5. The topological polar surface area (TPSA) is 129 Å². The predicted octanol–water partition coefficient (Wildman–Crippen LogP) is 0.0122. The van der Waals surface area contributed by atoms with Gasteiger partial charge in [0.25, 0.3) is 0 Å². The highest BCUT2D eigenvalue weighted by Gasteiger charge is 2.18. The van der Waals surface area contributed by atoms with Crippen LogP contribution in [0.3, 0.4) is 0 Å². The number of H-pyrrole nitrogens is 1. The lowest BCUT2D eigenvalue weighted by Crippen LogP contribution is -2.25. The first-order chi connectivity index (χ1) is 12.8. The van der Waals surface area contributed by atoms with Gasteiger partial charge in [-0.2, -0.15) is 0 Å². The molecular formula is C17H25N6O3S+. The predicted molar refractivity (Wildman–Crippen MR) is 107 cm³/mol. The molecule has 0 unspecified atom stereocenters. The average Bonchev–Trinajstić information content (AvgIpc) is 3.20. The van der Waals surface area contributed by atoms with Gasteiger partial charge in [-0.1, -0.05) is 6.58 Å². The number of nitrogens with two attached hydrogens (primary N) is 1. The van der Waals surface area contributed by atoms with Crippen LogP contribution in [0.25, 0.3) is 6.58 Å². The van der Waals surface area contributed by atoms with Gasteiger partial charge in [0.1, 0.15) is 12.8 Å². The molecule has 6 N–H and O–H groups in total. The van der Waals surface area contributed by atoms with Gasteiger partial charge in [-0.15, -0.1) is 4.36 Å². The van der Waals surface area contributed by atoms with E-state index >= 15 is 0 Å². The molecule has 0 amide bonds. The van der Waals surface area contributed by atoms with E-state index in [1.807, 2.05) is 18.2 Å². The zero-order valence-corrected chi connectivity index (χ0v) is 16.0. The van der Waals surface area contributed by atoms with E-state index in [2.05, 4.69) is 26.6 Å². The van der Waals surface area contributed by atoms with Crippen molar-refractivity contribution in [3.05, 3.63) is 29.8 Å². The minimum absolute atomic E-state index is 0.195. The maximum atomic E-state index is 11.8. The second-order valence-corrected chi connectivity index (χ2v) is 8.26. The first-order valence-corrected chi connectivity index (χ1v) is 10.5. The van der Waals surface area contributed by atoms with Crippen molar-refractivity contribution in [2.75, 3.05) is 46.6 Å². The number of aliphatic hydroxyl groups is 1. The Morgan fingerprint density at radius 3 is 2.70 bits per heavy atom. The number of hydrogen-bond donors (Lipinski definition) is 5. The number of aromatic amines is 1. The molecule has 1 aliphatic rings. The van der Waals surface area contributed by atoms with Crippen LogP contribution in [0.1, 0.15) is 12.8 Å². The molecule has 2 heterocycles. The summed E-state index contributed by atoms with van der Waals surface area (Å²) in [4.78, 5) is 2.22. The van der Waals surface area contributed by atoms with Crippen molar-refractivity contribution < 1.29 is 17.9 Å². The van der Waals surface area contributed by atoms with Crippen molar-refractivity contribution in [3.8, 4) is 0 Å². The number of nitrogens with zero attached hydrogens (tertiary/aromatic N) is 2. The van der Waals surface area contributed by atoms with Gasteiger partial charge in [0, 0.05) is 18.8 Å². The monoisotopic (exact) mass is 393 g/mol. The Bertz CT molecular complexity index is 1040. The van der Waals surface area contributed by atoms with Gasteiger partial charge < -0.3 is 15.3 Å². The highest BCUT2D eigenvalue weighted by molar-refractivity contribution is 7.92. The summed E-state index contributed by atoms with van der Waals surface area (Å²) in [6, 6.07) is 5.57. The number of benzene rings is 1. The number of sulfonamides is 1. The standard InChI is InChI=1S/C17H25N6O3S/c1-12-16(17(18)23(20-12)9-10-24)19-14-6-5-13(22-7-3-4-8-22)11-15(14)21-27(2,25)26/h5-6,9,11,19-21,24H,1,3-4,7-8,10,18H2,2H3/q+1. The fourth-order valence-corrected chi connectivity index (χ4v) is 3.70. The zero-order valence-electron chi connectivity index (χ0n) is 15.2. The second kappa shape index (κ2) is 7.49. The van der Waals surface area contributed by atoms with Crippen molar-refractivity contribution in [1.29, 1.82) is 0 Å². The SMILES string of the molecule is C=c1[nH][n+](=CCO)c(N)c1Nc1ccc(N2CCCC2)cc1NS(C)(=O)=O. The average molecular weight is 393 g/mol. The minimum Gasteiger partial charge on any atom is -0.388 e. The van der Waals surface area contributed by atoms with Gasteiger partial charge in [0.2, 0.25) is 10.0 Å². The molecule has 0 spiro atoms. The van der Waals surface area contributed by atoms with Gasteiger partial charge in [0.05, 0.1) is 23.0 Å². The summed E-state index contributed by atoms with van der Waals surface area (Å²) in [5.41, 5.74) is 8.53. The Morgan fingerprint density at radius 1 is 1.37 bits per heavy atom. The van der Waals surface area contributed by atoms with Crippen LogP contribution in [0, 0.1) is 6.21 Å². The maximum absolute atomic E-state index is 11.8. The summed E-state index contributed by atoms with van der Waals surface area (Å²) in [6.45, 7) is 5.61. The van der Waals surface area contributed by atoms with Crippen LogP contribution in [0.4, 0.5) is 28.6 Å². The second-order valence-electron chi connectivity index (χ2n) is 6.51. The van der Waals surface area contributed by atoms with Crippen molar-refractivity contribution >= 4 is 45.2 Å². The summed E-state index contributed by atoms with van der Waals surface area (Å²) in [6.07, 6.45) is 4.82. The molecule has 1 aromatic carbocycles. The molecule has 3 rings (SSSR count). The summed E-state index contributed by atoms with van der Waals surface area (Å²) >= 11 is 0. The van der Waals surface area contributed by atoms with Gasteiger partial charge in [-0.3, -0.25) is 10.5 Å². The molecule has 1 aliphatic heterocycles. The Morgan fingerprint density at radius 2 is 2.07 bits per heavy atom. The van der Waals surface area contributed by atoms with E-state index in [9.17, 15) is 8.42 Å². The fraction of sp³-hybridized carbons (Fsp3) is 0.353. The molecule has 1 fully saturated rings. The van der Waals surface area contributed by atoms with E-state index in [-0.39, 0.29) is 6.61 Å². The summed E-state index contributed by atoms with van der Waals surface area (Å²) in [5, 5.41) is 15.6. The first kappa shape index (κ1) is 19.1. The van der Waals surface area contributed by atoms with E-state index < -0.39 is 10.0 Å². The lowest BCUT2D eigenvalue weighted by atomic mass is 10.2. The molecule has 0 saturated carbocycles. The highest BCUT2D eigenvalue weighted by Crippen LogP contribution is 2.32. The van der Waals surface area contributed by atoms with Crippen LogP contribution in [0.5, 0.6) is 0 Å². The van der Waals surface area contributed by atoms with E-state index in [0.717, 1.165) is 37.9 Å². The summed E-state index contributed by atoms with van der Waals surface area (Å²) in [5.74, 6) is 0.322. The van der Waals surface area contributed by atoms with Gasteiger partial charge in [-0.05, 0) is 31.0 Å². The Labute approximate surface area is 157 Å². The number of rotatable bonds is 6. The first-order valence-electron chi connectivity index (χ1n) is 8.61. The minimum atomic E-state index is -3.46. The van der Waals surface area contributed by atoms with Crippen molar-refractivity contribution in [1.82, 2.24) is 5.10 Å². The molecule has 0 atom stereocenters. The van der Waals surface area contributed by atoms with Gasteiger partial charge in [0.15, 0.2) is 5.69 Å². The molecule has 0 radical (unpaired) electrons. The molecule has 146 valence electrons. The molecule has 27 heavy (non-hydrogen) atoms. The molecule has 1 saturated heterocycles. The van der Waals surface area contributed by atoms with Crippen LogP contribution in [-0.2, 0) is 10.0 Å². The molecule has 0 bridgehead atoms. The van der Waals surface area contributed by atoms with Crippen molar-refractivity contribution in [2.45, 2.75) is 12.8 Å². The van der Waals surface area contributed by atoms with Crippen LogP contribution < -0.4 is 30.4 Å². The number of aromatic nitrogens is 2. The third kappa shape index (κ3) is 4.34. The summed E-state index contributed by atoms with van der Waals surface area (Å²) in [7, 11) is -3.46. The van der Waals surface area contributed by atoms with E-state index in [0.29, 0.717) is 28.2 Å². The van der Waals surface area contributed by atoms with E-state index in [4.69, 9.17) is 10.8 Å². The van der Waals surface area contributed by atoms with Crippen LogP contribution in [0.15, 0.2) is 18.2 Å².